The number of carboxylic acid groups (broad SMARTS) is 1. The number of hydrogen-bond donors (Lipinski definition) is 1. The fraction of sp³-hybridized carbons (Fsp3) is 0.308. The largest absolute Gasteiger partial charge is 0.478 e. The maximum Gasteiger partial charge on any atom is 0.333 e. The molecule has 5 nitrogen and oxygen atoms in total. The summed E-state index contributed by atoms with van der Waals surface area (Å²) in [6.45, 7) is 1.74. The van der Waals surface area contributed by atoms with Gasteiger partial charge in [-0.2, -0.15) is 0 Å². The van der Waals surface area contributed by atoms with Crippen LogP contribution in [-0.4, -0.2) is 34.5 Å². The van der Waals surface area contributed by atoms with Crippen molar-refractivity contribution in [1.29, 1.82) is 0 Å². The highest BCUT2D eigenvalue weighted by Gasteiger charge is 2.26. The molecule has 0 aromatic heterocycles. The Morgan fingerprint density at radius 3 is 2.79 bits per heavy atom. The molecule has 0 aromatic carbocycles. The molecule has 1 N–H and O–H groups in total. The van der Waals surface area contributed by atoms with Crippen LogP contribution in [0.2, 0.25) is 0 Å². The number of carbonyl (C=O) groups excluding carboxylic acids is 1. The first-order chi connectivity index (χ1) is 8.90. The Balaban J connectivity index is 2.44. The van der Waals surface area contributed by atoms with E-state index < -0.39 is 17.6 Å². The van der Waals surface area contributed by atoms with Crippen molar-refractivity contribution in [1.82, 2.24) is 4.90 Å². The van der Waals surface area contributed by atoms with E-state index in [2.05, 4.69) is 4.99 Å². The van der Waals surface area contributed by atoms with E-state index in [1.807, 2.05) is 0 Å². The second-order valence-electron chi connectivity index (χ2n) is 4.46. The molecule has 100 valence electrons. The number of ketones is 1. The third-order valence-electron chi connectivity index (χ3n) is 3.17. The van der Waals surface area contributed by atoms with Gasteiger partial charge in [-0.15, -0.1) is 0 Å². The summed E-state index contributed by atoms with van der Waals surface area (Å²) in [5.74, 6) is -2.42. The van der Waals surface area contributed by atoms with E-state index in [4.69, 9.17) is 5.11 Å². The minimum Gasteiger partial charge on any atom is -0.478 e. The Kier molecular flexibility index (Phi) is 3.33. The normalized spacial score (nSPS) is 23.8. The summed E-state index contributed by atoms with van der Waals surface area (Å²) in [5.41, 5.74) is 2.07. The standard InChI is InChI=1S/C13H13FN2O3/c1-7-9(3-8(5-15-7)13(18)19)11-4-12(17)10(14)6-16(11)2/h5-6H,3-4H2,1-2H3,(H,18,19). The lowest BCUT2D eigenvalue weighted by atomic mass is 9.94. The van der Waals surface area contributed by atoms with Gasteiger partial charge in [0.15, 0.2) is 11.6 Å². The van der Waals surface area contributed by atoms with Gasteiger partial charge >= 0.3 is 5.97 Å². The van der Waals surface area contributed by atoms with Gasteiger partial charge in [-0.3, -0.25) is 9.79 Å². The van der Waals surface area contributed by atoms with Gasteiger partial charge < -0.3 is 10.0 Å². The molecule has 0 aromatic rings. The zero-order valence-electron chi connectivity index (χ0n) is 10.6. The fourth-order valence-corrected chi connectivity index (χ4v) is 2.06. The Bertz CT molecular complexity index is 585. The van der Waals surface area contributed by atoms with Gasteiger partial charge in [0.25, 0.3) is 0 Å². The van der Waals surface area contributed by atoms with Crippen molar-refractivity contribution < 1.29 is 19.1 Å². The summed E-state index contributed by atoms with van der Waals surface area (Å²) in [6.07, 6.45) is 2.53. The molecule has 0 aliphatic carbocycles. The molecule has 0 amide bonds. The number of halogens is 1. The minimum atomic E-state index is -1.04. The number of carboxylic acids is 1. The van der Waals surface area contributed by atoms with Gasteiger partial charge in [0.2, 0.25) is 0 Å². The van der Waals surface area contributed by atoms with Crippen molar-refractivity contribution in [2.45, 2.75) is 19.8 Å². The maximum absolute atomic E-state index is 13.2. The van der Waals surface area contributed by atoms with Crippen molar-refractivity contribution in [2.75, 3.05) is 7.05 Å². The van der Waals surface area contributed by atoms with Crippen LogP contribution < -0.4 is 0 Å². The summed E-state index contributed by atoms with van der Waals surface area (Å²) in [4.78, 5) is 28.0. The smallest absolute Gasteiger partial charge is 0.333 e. The predicted octanol–water partition coefficient (Wildman–Crippen LogP) is 1.79. The van der Waals surface area contributed by atoms with Crippen LogP contribution in [0.15, 0.2) is 40.1 Å². The maximum atomic E-state index is 13.2. The molecule has 19 heavy (non-hydrogen) atoms. The van der Waals surface area contributed by atoms with Crippen molar-refractivity contribution >= 4 is 17.5 Å². The van der Waals surface area contributed by atoms with E-state index in [1.54, 1.807) is 14.0 Å². The number of aliphatic imine (C=N–C) groups is 1. The average Bonchev–Trinajstić information content (AvgIpc) is 2.34. The van der Waals surface area contributed by atoms with E-state index in [-0.39, 0.29) is 18.4 Å². The van der Waals surface area contributed by atoms with Crippen LogP contribution in [0.4, 0.5) is 4.39 Å². The molecular weight excluding hydrogens is 251 g/mol. The zero-order chi connectivity index (χ0) is 14.2. The first-order valence-corrected chi connectivity index (χ1v) is 5.72. The topological polar surface area (TPSA) is 70.0 Å². The molecule has 2 aliphatic heterocycles. The number of allylic oxidation sites excluding steroid dienone is 3. The summed E-state index contributed by atoms with van der Waals surface area (Å²) in [7, 11) is 1.63. The van der Waals surface area contributed by atoms with Gasteiger partial charge in [-0.1, -0.05) is 0 Å². The first-order valence-electron chi connectivity index (χ1n) is 5.72. The van der Waals surface area contributed by atoms with Gasteiger partial charge in [-0.05, 0) is 12.5 Å². The fourth-order valence-electron chi connectivity index (χ4n) is 2.06. The average molecular weight is 264 g/mol. The van der Waals surface area contributed by atoms with Crippen molar-refractivity contribution in [3.8, 4) is 0 Å². The third kappa shape index (κ3) is 2.47. The highest BCUT2D eigenvalue weighted by atomic mass is 19.1. The Morgan fingerprint density at radius 2 is 2.16 bits per heavy atom. The lowest BCUT2D eigenvalue weighted by Gasteiger charge is -2.27. The zero-order valence-corrected chi connectivity index (χ0v) is 10.6. The molecule has 0 bridgehead atoms. The number of hydrogen-bond acceptors (Lipinski definition) is 4. The Morgan fingerprint density at radius 1 is 1.47 bits per heavy atom. The van der Waals surface area contributed by atoms with E-state index >= 15 is 0 Å². The van der Waals surface area contributed by atoms with Gasteiger partial charge in [0, 0.05) is 37.3 Å². The van der Waals surface area contributed by atoms with Crippen molar-refractivity contribution in [2.24, 2.45) is 4.99 Å². The molecule has 2 aliphatic rings. The Labute approximate surface area is 109 Å². The van der Waals surface area contributed by atoms with Gasteiger partial charge in [0.05, 0.1) is 12.0 Å². The van der Waals surface area contributed by atoms with Crippen LogP contribution in [-0.2, 0) is 9.59 Å². The number of aliphatic carboxylic acids is 1. The number of Topliss-reactive ketones (excluding diaryl/α,β-unsaturated/α-hetero) is 1. The molecule has 6 heteroatoms. The van der Waals surface area contributed by atoms with Crippen molar-refractivity contribution in [3.63, 3.8) is 0 Å². The van der Waals surface area contributed by atoms with Gasteiger partial charge in [0.1, 0.15) is 0 Å². The van der Waals surface area contributed by atoms with Crippen molar-refractivity contribution in [3.05, 3.63) is 35.1 Å². The quantitative estimate of drug-likeness (QED) is 0.783. The van der Waals surface area contributed by atoms with Crippen LogP contribution in [0.1, 0.15) is 19.8 Å². The molecule has 0 saturated heterocycles. The molecular formula is C13H13FN2O3. The van der Waals surface area contributed by atoms with Crippen LogP contribution >= 0.6 is 0 Å². The summed E-state index contributed by atoms with van der Waals surface area (Å²) in [5, 5.41) is 8.99. The van der Waals surface area contributed by atoms with Crippen LogP contribution in [0.3, 0.4) is 0 Å². The van der Waals surface area contributed by atoms with Gasteiger partial charge in [-0.25, -0.2) is 9.18 Å². The van der Waals surface area contributed by atoms with Crippen LogP contribution in [0, 0.1) is 0 Å². The van der Waals surface area contributed by atoms with E-state index in [1.165, 1.54) is 11.1 Å². The molecule has 0 saturated carbocycles. The minimum absolute atomic E-state index is 0.0755. The molecule has 0 fully saturated rings. The number of rotatable bonds is 1. The van der Waals surface area contributed by atoms with E-state index in [0.29, 0.717) is 17.0 Å². The molecule has 0 unspecified atom stereocenters. The molecule has 0 atom stereocenters. The summed E-state index contributed by atoms with van der Waals surface area (Å²) < 4.78 is 13.2. The molecule has 2 rings (SSSR count). The highest BCUT2D eigenvalue weighted by molar-refractivity contribution is 6.05. The Hall–Kier alpha value is -2.24. The number of nitrogens with zero attached hydrogens (tertiary/aromatic N) is 2. The molecule has 0 spiro atoms. The predicted molar refractivity (Wildman–Crippen MR) is 67.0 cm³/mol. The molecule has 0 radical (unpaired) electrons. The number of carbonyl (C=O) groups is 2. The molecule has 2 heterocycles. The summed E-state index contributed by atoms with van der Waals surface area (Å²) >= 11 is 0. The van der Waals surface area contributed by atoms with E-state index in [9.17, 15) is 14.0 Å². The third-order valence-corrected chi connectivity index (χ3v) is 3.17. The summed E-state index contributed by atoms with van der Waals surface area (Å²) in [6, 6.07) is 0. The monoisotopic (exact) mass is 264 g/mol. The lowest BCUT2D eigenvalue weighted by Crippen LogP contribution is -2.25. The van der Waals surface area contributed by atoms with Crippen LogP contribution in [0.25, 0.3) is 0 Å². The van der Waals surface area contributed by atoms with E-state index in [0.717, 1.165) is 6.20 Å². The highest BCUT2D eigenvalue weighted by Crippen LogP contribution is 2.29. The second-order valence-corrected chi connectivity index (χ2v) is 4.46. The SMILES string of the molecule is CC1=NC=C(C(=O)O)CC1=C1CC(=O)C(F)=CN1C. The second kappa shape index (κ2) is 4.79. The first kappa shape index (κ1) is 13.2. The lowest BCUT2D eigenvalue weighted by molar-refractivity contribution is -0.132. The van der Waals surface area contributed by atoms with Crippen LogP contribution in [0.5, 0.6) is 0 Å².